The van der Waals surface area contributed by atoms with E-state index in [1.165, 1.54) is 6.07 Å². The van der Waals surface area contributed by atoms with E-state index < -0.39 is 11.5 Å². The molecular weight excluding hydrogens is 348 g/mol. The predicted octanol–water partition coefficient (Wildman–Crippen LogP) is 2.14. The summed E-state index contributed by atoms with van der Waals surface area (Å²) in [4.78, 5) is 36.2. The lowest BCUT2D eigenvalue weighted by molar-refractivity contribution is 0.0690. The SMILES string of the molecule is Cn1c2ccc(NC(=O)c3ccccc3)cc2c(=O)n2nc(C(=O)O)cc12. The van der Waals surface area contributed by atoms with Crippen LogP contribution in [0.15, 0.2) is 59.4 Å². The molecule has 0 saturated carbocycles. The van der Waals surface area contributed by atoms with Crippen molar-refractivity contribution in [2.24, 2.45) is 7.05 Å². The van der Waals surface area contributed by atoms with Gasteiger partial charge in [0, 0.05) is 24.4 Å². The van der Waals surface area contributed by atoms with Gasteiger partial charge in [-0.2, -0.15) is 9.61 Å². The third-order valence-corrected chi connectivity index (χ3v) is 4.33. The van der Waals surface area contributed by atoms with Crippen molar-refractivity contribution in [1.29, 1.82) is 0 Å². The van der Waals surface area contributed by atoms with E-state index in [0.29, 0.717) is 27.8 Å². The van der Waals surface area contributed by atoms with Crippen molar-refractivity contribution in [3.05, 3.63) is 76.2 Å². The highest BCUT2D eigenvalue weighted by atomic mass is 16.4. The maximum Gasteiger partial charge on any atom is 0.356 e. The summed E-state index contributed by atoms with van der Waals surface area (Å²) < 4.78 is 2.73. The Balaban J connectivity index is 1.83. The molecule has 8 heteroatoms. The number of anilines is 1. The van der Waals surface area contributed by atoms with Crippen LogP contribution in [0.2, 0.25) is 0 Å². The summed E-state index contributed by atoms with van der Waals surface area (Å²) in [5.74, 6) is -1.50. The highest BCUT2D eigenvalue weighted by molar-refractivity contribution is 6.05. The minimum absolute atomic E-state index is 0.212. The number of carboxylic acid groups (broad SMARTS) is 1. The molecule has 0 aliphatic carbocycles. The number of fused-ring (bicyclic) bond motifs is 2. The second-order valence-corrected chi connectivity index (χ2v) is 6.02. The van der Waals surface area contributed by atoms with Gasteiger partial charge in [0.25, 0.3) is 11.5 Å². The van der Waals surface area contributed by atoms with Gasteiger partial charge in [0.1, 0.15) is 5.65 Å². The molecule has 0 radical (unpaired) electrons. The molecule has 0 aliphatic heterocycles. The second-order valence-electron chi connectivity index (χ2n) is 6.02. The number of hydrogen-bond acceptors (Lipinski definition) is 4. The summed E-state index contributed by atoms with van der Waals surface area (Å²) in [6.45, 7) is 0. The normalized spacial score (nSPS) is 11.0. The summed E-state index contributed by atoms with van der Waals surface area (Å²) in [5.41, 5.74) is 1.25. The number of aryl methyl sites for hydroxylation is 1. The van der Waals surface area contributed by atoms with Crippen molar-refractivity contribution < 1.29 is 14.7 Å². The molecule has 2 N–H and O–H groups in total. The Morgan fingerprint density at radius 1 is 1.07 bits per heavy atom. The number of benzene rings is 2. The molecule has 0 fully saturated rings. The number of hydrogen-bond donors (Lipinski definition) is 2. The standard InChI is InChI=1S/C19H14N4O4/c1-22-15-8-7-12(20-17(24)11-5-3-2-4-6-11)9-13(15)18(25)23-16(22)10-14(21-23)19(26)27/h2-10H,1H3,(H,20,24)(H,26,27). The molecule has 0 unspecified atom stereocenters. The molecule has 2 heterocycles. The second kappa shape index (κ2) is 6.10. The van der Waals surface area contributed by atoms with Crippen LogP contribution in [0.4, 0.5) is 5.69 Å². The minimum atomic E-state index is -1.21. The largest absolute Gasteiger partial charge is 0.476 e. The number of nitrogens with zero attached hydrogens (tertiary/aromatic N) is 3. The number of aromatic nitrogens is 3. The van der Waals surface area contributed by atoms with E-state index >= 15 is 0 Å². The summed E-state index contributed by atoms with van der Waals surface area (Å²) >= 11 is 0. The molecule has 134 valence electrons. The molecular formula is C19H14N4O4. The Hall–Kier alpha value is -3.94. The molecule has 2 aromatic heterocycles. The average molecular weight is 362 g/mol. The van der Waals surface area contributed by atoms with Crippen molar-refractivity contribution in [2.45, 2.75) is 0 Å². The van der Waals surface area contributed by atoms with Crippen LogP contribution in [0.5, 0.6) is 0 Å². The Kier molecular flexibility index (Phi) is 3.73. The quantitative estimate of drug-likeness (QED) is 0.581. The predicted molar refractivity (Wildman–Crippen MR) is 99.3 cm³/mol. The van der Waals surface area contributed by atoms with E-state index in [-0.39, 0.29) is 11.6 Å². The summed E-state index contributed by atoms with van der Waals surface area (Å²) in [7, 11) is 1.71. The lowest BCUT2D eigenvalue weighted by atomic mass is 10.2. The maximum atomic E-state index is 12.8. The molecule has 0 saturated heterocycles. The van der Waals surface area contributed by atoms with Gasteiger partial charge < -0.3 is 15.0 Å². The van der Waals surface area contributed by atoms with Crippen LogP contribution in [0, 0.1) is 0 Å². The number of aromatic carboxylic acids is 1. The summed E-state index contributed by atoms with van der Waals surface area (Å²) in [6.07, 6.45) is 0. The Morgan fingerprint density at radius 3 is 2.52 bits per heavy atom. The first-order chi connectivity index (χ1) is 13.0. The van der Waals surface area contributed by atoms with Gasteiger partial charge in [-0.3, -0.25) is 9.59 Å². The highest BCUT2D eigenvalue weighted by Crippen LogP contribution is 2.19. The molecule has 4 rings (SSSR count). The Labute approximate surface area is 152 Å². The first-order valence-electron chi connectivity index (χ1n) is 8.08. The van der Waals surface area contributed by atoms with Gasteiger partial charge in [-0.15, -0.1) is 0 Å². The molecule has 2 aromatic carbocycles. The average Bonchev–Trinajstić information content (AvgIpc) is 3.13. The van der Waals surface area contributed by atoms with Crippen LogP contribution in [0.3, 0.4) is 0 Å². The Bertz CT molecular complexity index is 1270. The maximum absolute atomic E-state index is 12.8. The molecule has 0 aliphatic rings. The lowest BCUT2D eigenvalue weighted by Gasteiger charge is -2.10. The molecule has 0 bridgehead atoms. The Morgan fingerprint density at radius 2 is 1.81 bits per heavy atom. The van der Waals surface area contributed by atoms with Crippen LogP contribution in [0.25, 0.3) is 16.6 Å². The highest BCUT2D eigenvalue weighted by Gasteiger charge is 2.16. The van der Waals surface area contributed by atoms with E-state index in [4.69, 9.17) is 5.11 Å². The number of amides is 1. The van der Waals surface area contributed by atoms with Crippen molar-refractivity contribution in [3.63, 3.8) is 0 Å². The number of carbonyl (C=O) groups excluding carboxylic acids is 1. The van der Waals surface area contributed by atoms with E-state index in [0.717, 1.165) is 4.52 Å². The fourth-order valence-corrected chi connectivity index (χ4v) is 2.97. The topological polar surface area (TPSA) is 106 Å². The van der Waals surface area contributed by atoms with Crippen LogP contribution in [-0.4, -0.2) is 31.2 Å². The van der Waals surface area contributed by atoms with Crippen molar-refractivity contribution in [3.8, 4) is 0 Å². The molecule has 1 amide bonds. The molecule has 27 heavy (non-hydrogen) atoms. The third-order valence-electron chi connectivity index (χ3n) is 4.33. The van der Waals surface area contributed by atoms with E-state index in [9.17, 15) is 14.4 Å². The minimum Gasteiger partial charge on any atom is -0.476 e. The van der Waals surface area contributed by atoms with Crippen LogP contribution in [-0.2, 0) is 7.05 Å². The number of carboxylic acids is 1. The van der Waals surface area contributed by atoms with Gasteiger partial charge in [0.2, 0.25) is 0 Å². The monoisotopic (exact) mass is 362 g/mol. The van der Waals surface area contributed by atoms with Gasteiger partial charge in [-0.25, -0.2) is 4.79 Å². The van der Waals surface area contributed by atoms with E-state index in [2.05, 4.69) is 10.4 Å². The van der Waals surface area contributed by atoms with Crippen LogP contribution < -0.4 is 10.9 Å². The fraction of sp³-hybridized carbons (Fsp3) is 0.0526. The molecule has 4 aromatic rings. The van der Waals surface area contributed by atoms with Gasteiger partial charge in [0.05, 0.1) is 10.9 Å². The zero-order valence-corrected chi connectivity index (χ0v) is 14.2. The zero-order valence-electron chi connectivity index (χ0n) is 14.2. The van der Waals surface area contributed by atoms with Crippen LogP contribution >= 0.6 is 0 Å². The fourth-order valence-electron chi connectivity index (χ4n) is 2.97. The number of rotatable bonds is 3. The van der Waals surface area contributed by atoms with Gasteiger partial charge in [-0.05, 0) is 30.3 Å². The van der Waals surface area contributed by atoms with Crippen molar-refractivity contribution >= 4 is 34.1 Å². The van der Waals surface area contributed by atoms with Gasteiger partial charge in [0.15, 0.2) is 5.69 Å². The smallest absolute Gasteiger partial charge is 0.356 e. The first-order valence-corrected chi connectivity index (χ1v) is 8.08. The molecule has 0 atom stereocenters. The van der Waals surface area contributed by atoms with E-state index in [1.54, 1.807) is 54.1 Å². The van der Waals surface area contributed by atoms with E-state index in [1.807, 2.05) is 6.07 Å². The van der Waals surface area contributed by atoms with Gasteiger partial charge >= 0.3 is 5.97 Å². The summed E-state index contributed by atoms with van der Waals surface area (Å²) in [6, 6.07) is 15.0. The van der Waals surface area contributed by atoms with Crippen molar-refractivity contribution in [1.82, 2.24) is 14.2 Å². The molecule has 8 nitrogen and oxygen atoms in total. The molecule has 0 spiro atoms. The lowest BCUT2D eigenvalue weighted by Crippen LogP contribution is -2.19. The number of nitrogens with one attached hydrogen (secondary N) is 1. The summed E-state index contributed by atoms with van der Waals surface area (Å²) in [5, 5.41) is 16.1. The van der Waals surface area contributed by atoms with Crippen molar-refractivity contribution in [2.75, 3.05) is 5.32 Å². The number of carbonyl (C=O) groups is 2. The van der Waals surface area contributed by atoms with Gasteiger partial charge in [-0.1, -0.05) is 18.2 Å². The third kappa shape index (κ3) is 2.73. The zero-order chi connectivity index (χ0) is 19.1. The van der Waals surface area contributed by atoms with Crippen LogP contribution in [0.1, 0.15) is 20.8 Å². The first kappa shape index (κ1) is 16.5.